The molecule has 0 heterocycles. The van der Waals surface area contributed by atoms with Crippen molar-refractivity contribution in [2.75, 3.05) is 12.5 Å². The predicted octanol–water partition coefficient (Wildman–Crippen LogP) is 2.18. The molecule has 0 saturated heterocycles. The SMILES string of the molecule is CCOC(=O)CCC(Cl)CCl. The highest BCUT2D eigenvalue weighted by molar-refractivity contribution is 6.28. The molecule has 4 heteroatoms. The molecule has 1 atom stereocenters. The summed E-state index contributed by atoms with van der Waals surface area (Å²) in [6.45, 7) is 2.20. The molecule has 0 amide bonds. The van der Waals surface area contributed by atoms with Crippen LogP contribution in [0.1, 0.15) is 19.8 Å². The lowest BCUT2D eigenvalue weighted by Crippen LogP contribution is -2.08. The van der Waals surface area contributed by atoms with E-state index in [2.05, 4.69) is 0 Å². The molecule has 0 aromatic carbocycles. The first-order chi connectivity index (χ1) is 5.20. The third kappa shape index (κ3) is 6.45. The van der Waals surface area contributed by atoms with Gasteiger partial charge in [-0.25, -0.2) is 0 Å². The van der Waals surface area contributed by atoms with Crippen molar-refractivity contribution in [3.63, 3.8) is 0 Å². The first-order valence-corrected chi connectivity index (χ1v) is 4.53. The Labute approximate surface area is 76.8 Å². The van der Waals surface area contributed by atoms with E-state index in [1.165, 1.54) is 0 Å². The Hall–Kier alpha value is 0.0500. The zero-order valence-corrected chi connectivity index (χ0v) is 7.99. The molecule has 0 N–H and O–H groups in total. The van der Waals surface area contributed by atoms with Crippen LogP contribution in [-0.2, 0) is 9.53 Å². The van der Waals surface area contributed by atoms with Crippen molar-refractivity contribution in [3.8, 4) is 0 Å². The molecule has 0 saturated carbocycles. The molecule has 0 fully saturated rings. The number of rotatable bonds is 5. The number of hydrogen-bond acceptors (Lipinski definition) is 2. The van der Waals surface area contributed by atoms with Gasteiger partial charge in [-0.3, -0.25) is 4.79 Å². The highest BCUT2D eigenvalue weighted by Gasteiger charge is 2.06. The molecule has 11 heavy (non-hydrogen) atoms. The molecule has 0 radical (unpaired) electrons. The summed E-state index contributed by atoms with van der Waals surface area (Å²) in [5.74, 6) is 0.171. The summed E-state index contributed by atoms with van der Waals surface area (Å²) in [5.41, 5.74) is 0. The van der Waals surface area contributed by atoms with E-state index >= 15 is 0 Å². The zero-order chi connectivity index (χ0) is 8.69. The summed E-state index contributed by atoms with van der Waals surface area (Å²) in [4.78, 5) is 10.7. The summed E-state index contributed by atoms with van der Waals surface area (Å²) in [6.07, 6.45) is 0.943. The topological polar surface area (TPSA) is 26.3 Å². The minimum Gasteiger partial charge on any atom is -0.466 e. The third-order valence-corrected chi connectivity index (χ3v) is 2.04. The van der Waals surface area contributed by atoms with Crippen molar-refractivity contribution in [2.45, 2.75) is 25.1 Å². The second kappa shape index (κ2) is 6.74. The Bertz CT molecular complexity index is 117. The number of halogens is 2. The van der Waals surface area contributed by atoms with E-state index < -0.39 is 0 Å². The molecule has 0 rings (SSSR count). The quantitative estimate of drug-likeness (QED) is 0.501. The Balaban J connectivity index is 3.30. The van der Waals surface area contributed by atoms with Crippen molar-refractivity contribution in [1.82, 2.24) is 0 Å². The first kappa shape index (κ1) is 11.1. The lowest BCUT2D eigenvalue weighted by atomic mass is 10.2. The van der Waals surface area contributed by atoms with Gasteiger partial charge >= 0.3 is 5.97 Å². The van der Waals surface area contributed by atoms with Gasteiger partial charge in [0, 0.05) is 17.7 Å². The van der Waals surface area contributed by atoms with Gasteiger partial charge in [-0.1, -0.05) is 0 Å². The number of alkyl halides is 2. The molecule has 66 valence electrons. The summed E-state index contributed by atoms with van der Waals surface area (Å²) in [5, 5.41) is -0.124. The van der Waals surface area contributed by atoms with Gasteiger partial charge in [0.15, 0.2) is 0 Å². The van der Waals surface area contributed by atoms with Crippen molar-refractivity contribution in [1.29, 1.82) is 0 Å². The van der Waals surface area contributed by atoms with Crippen LogP contribution in [0.5, 0.6) is 0 Å². The van der Waals surface area contributed by atoms with Gasteiger partial charge in [0.1, 0.15) is 0 Å². The van der Waals surface area contributed by atoms with Gasteiger partial charge in [-0.15, -0.1) is 23.2 Å². The van der Waals surface area contributed by atoms with E-state index in [0.717, 1.165) is 0 Å². The lowest BCUT2D eigenvalue weighted by Gasteiger charge is -2.03. The second-order valence-electron chi connectivity index (χ2n) is 2.10. The van der Waals surface area contributed by atoms with Crippen LogP contribution in [0.15, 0.2) is 0 Å². The van der Waals surface area contributed by atoms with Crippen LogP contribution in [0.3, 0.4) is 0 Å². The minimum absolute atomic E-state index is 0.124. The largest absolute Gasteiger partial charge is 0.466 e. The fraction of sp³-hybridized carbons (Fsp3) is 0.857. The fourth-order valence-corrected chi connectivity index (χ4v) is 0.848. The predicted molar refractivity (Wildman–Crippen MR) is 46.2 cm³/mol. The van der Waals surface area contributed by atoms with Crippen molar-refractivity contribution in [3.05, 3.63) is 0 Å². The molecule has 1 unspecified atom stereocenters. The van der Waals surface area contributed by atoms with Crippen LogP contribution >= 0.6 is 23.2 Å². The maximum Gasteiger partial charge on any atom is 0.305 e. The maximum atomic E-state index is 10.7. The minimum atomic E-state index is -0.205. The van der Waals surface area contributed by atoms with E-state index in [0.29, 0.717) is 25.3 Å². The number of carbonyl (C=O) groups is 1. The van der Waals surface area contributed by atoms with Crippen molar-refractivity contribution >= 4 is 29.2 Å². The Morgan fingerprint density at radius 1 is 1.64 bits per heavy atom. The molecule has 0 aromatic heterocycles. The number of esters is 1. The summed E-state index contributed by atoms with van der Waals surface area (Å²) in [7, 11) is 0. The molecule has 0 bridgehead atoms. The van der Waals surface area contributed by atoms with Crippen LogP contribution in [-0.4, -0.2) is 23.8 Å². The normalized spacial score (nSPS) is 12.6. The van der Waals surface area contributed by atoms with Gasteiger partial charge < -0.3 is 4.74 Å². The fourth-order valence-electron chi connectivity index (χ4n) is 0.585. The average molecular weight is 199 g/mol. The van der Waals surface area contributed by atoms with Crippen LogP contribution in [0.25, 0.3) is 0 Å². The van der Waals surface area contributed by atoms with Gasteiger partial charge in [0.05, 0.1) is 6.61 Å². The standard InChI is InChI=1S/C7H12Cl2O2/c1-2-11-7(10)4-3-6(9)5-8/h6H,2-5H2,1H3. The van der Waals surface area contributed by atoms with Gasteiger partial charge in [-0.05, 0) is 13.3 Å². The first-order valence-electron chi connectivity index (χ1n) is 3.56. The number of ether oxygens (including phenoxy) is 1. The Kier molecular flexibility index (Phi) is 6.77. The van der Waals surface area contributed by atoms with E-state index in [4.69, 9.17) is 27.9 Å². The highest BCUT2D eigenvalue weighted by Crippen LogP contribution is 2.07. The van der Waals surface area contributed by atoms with Gasteiger partial charge in [0.25, 0.3) is 0 Å². The van der Waals surface area contributed by atoms with Gasteiger partial charge in [-0.2, -0.15) is 0 Å². The van der Waals surface area contributed by atoms with Gasteiger partial charge in [0.2, 0.25) is 0 Å². The maximum absolute atomic E-state index is 10.7. The molecule has 0 aromatic rings. The van der Waals surface area contributed by atoms with Crippen LogP contribution in [0, 0.1) is 0 Å². The molecule has 2 nitrogen and oxygen atoms in total. The van der Waals surface area contributed by atoms with E-state index in [1.54, 1.807) is 6.92 Å². The van der Waals surface area contributed by atoms with Crippen molar-refractivity contribution < 1.29 is 9.53 Å². The zero-order valence-electron chi connectivity index (χ0n) is 6.48. The molecule has 0 aliphatic rings. The average Bonchev–Trinajstić information content (AvgIpc) is 2.01. The molecule has 0 spiro atoms. The lowest BCUT2D eigenvalue weighted by molar-refractivity contribution is -0.143. The van der Waals surface area contributed by atoms with E-state index in [-0.39, 0.29) is 11.3 Å². The molecular weight excluding hydrogens is 187 g/mol. The number of hydrogen-bond donors (Lipinski definition) is 0. The Morgan fingerprint density at radius 2 is 2.27 bits per heavy atom. The monoisotopic (exact) mass is 198 g/mol. The second-order valence-corrected chi connectivity index (χ2v) is 3.02. The van der Waals surface area contributed by atoms with Crippen LogP contribution in [0.2, 0.25) is 0 Å². The van der Waals surface area contributed by atoms with E-state index in [1.807, 2.05) is 0 Å². The molecule has 0 aliphatic carbocycles. The Morgan fingerprint density at radius 3 is 2.73 bits per heavy atom. The number of carbonyl (C=O) groups excluding carboxylic acids is 1. The summed E-state index contributed by atoms with van der Waals surface area (Å²) >= 11 is 11.1. The van der Waals surface area contributed by atoms with Crippen LogP contribution in [0.4, 0.5) is 0 Å². The third-order valence-electron chi connectivity index (χ3n) is 1.13. The summed E-state index contributed by atoms with van der Waals surface area (Å²) < 4.78 is 4.70. The van der Waals surface area contributed by atoms with E-state index in [9.17, 15) is 4.79 Å². The summed E-state index contributed by atoms with van der Waals surface area (Å²) in [6, 6.07) is 0. The van der Waals surface area contributed by atoms with Crippen molar-refractivity contribution in [2.24, 2.45) is 0 Å². The smallest absolute Gasteiger partial charge is 0.305 e. The molecule has 0 aliphatic heterocycles. The van der Waals surface area contributed by atoms with Crippen LogP contribution < -0.4 is 0 Å². The molecular formula is C7H12Cl2O2. The highest BCUT2D eigenvalue weighted by atomic mass is 35.5.